The van der Waals surface area contributed by atoms with Crippen molar-refractivity contribution in [3.63, 3.8) is 0 Å². The zero-order chi connectivity index (χ0) is 14.8. The molecule has 1 heterocycles. The summed E-state index contributed by atoms with van der Waals surface area (Å²) in [5.74, 6) is 0. The molecule has 21 heavy (non-hydrogen) atoms. The van der Waals surface area contributed by atoms with Crippen molar-refractivity contribution in [3.05, 3.63) is 75.0 Å². The second kappa shape index (κ2) is 5.62. The molecule has 0 amide bonds. The van der Waals surface area contributed by atoms with Crippen molar-refractivity contribution in [1.82, 2.24) is 4.98 Å². The van der Waals surface area contributed by atoms with Crippen LogP contribution in [-0.4, -0.2) is 4.98 Å². The number of aryl methyl sites for hydroxylation is 1. The molecular formula is C17H15ClN2O. The lowest BCUT2D eigenvalue weighted by atomic mass is 10.1. The van der Waals surface area contributed by atoms with Crippen molar-refractivity contribution in [3.8, 4) is 0 Å². The van der Waals surface area contributed by atoms with Gasteiger partial charge in [-0.2, -0.15) is 0 Å². The third-order valence-electron chi connectivity index (χ3n) is 3.40. The Hall–Kier alpha value is -2.26. The number of nitrogens with one attached hydrogen (secondary N) is 2. The number of halogens is 1. The number of fused-ring (bicyclic) bond motifs is 1. The molecule has 0 fully saturated rings. The summed E-state index contributed by atoms with van der Waals surface area (Å²) in [6.07, 6.45) is 0. The molecule has 0 atom stereocenters. The molecule has 2 aromatic carbocycles. The van der Waals surface area contributed by atoms with E-state index in [1.165, 1.54) is 5.56 Å². The van der Waals surface area contributed by atoms with Gasteiger partial charge in [-0.15, -0.1) is 0 Å². The van der Waals surface area contributed by atoms with Gasteiger partial charge in [0.2, 0.25) is 0 Å². The number of benzene rings is 2. The second-order valence-electron chi connectivity index (χ2n) is 5.07. The minimum atomic E-state index is -0.0622. The molecule has 0 aliphatic heterocycles. The summed E-state index contributed by atoms with van der Waals surface area (Å²) >= 11 is 5.85. The predicted octanol–water partition coefficient (Wildman–Crippen LogP) is 4.10. The number of aromatic nitrogens is 1. The highest BCUT2D eigenvalue weighted by atomic mass is 35.5. The molecule has 3 nitrogen and oxygen atoms in total. The first-order chi connectivity index (χ1) is 10.1. The van der Waals surface area contributed by atoms with Gasteiger partial charge in [-0.3, -0.25) is 4.79 Å². The van der Waals surface area contributed by atoms with Crippen LogP contribution in [0, 0.1) is 6.92 Å². The summed E-state index contributed by atoms with van der Waals surface area (Å²) in [6.45, 7) is 2.51. The van der Waals surface area contributed by atoms with Gasteiger partial charge in [-0.1, -0.05) is 23.2 Å². The van der Waals surface area contributed by atoms with Crippen molar-refractivity contribution in [2.75, 3.05) is 5.32 Å². The first kappa shape index (κ1) is 13.7. The highest BCUT2D eigenvalue weighted by molar-refractivity contribution is 6.30. The topological polar surface area (TPSA) is 44.9 Å². The third kappa shape index (κ3) is 3.09. The minimum absolute atomic E-state index is 0.0622. The van der Waals surface area contributed by atoms with Gasteiger partial charge in [0.15, 0.2) is 0 Å². The van der Waals surface area contributed by atoms with Crippen LogP contribution in [0.15, 0.2) is 53.3 Å². The molecule has 106 valence electrons. The van der Waals surface area contributed by atoms with E-state index in [0.717, 1.165) is 16.6 Å². The summed E-state index contributed by atoms with van der Waals surface area (Å²) in [7, 11) is 0. The van der Waals surface area contributed by atoms with Crippen LogP contribution in [0.4, 0.5) is 5.69 Å². The van der Waals surface area contributed by atoms with Gasteiger partial charge in [0.25, 0.3) is 5.56 Å². The number of rotatable bonds is 3. The molecule has 0 aliphatic rings. The van der Waals surface area contributed by atoms with E-state index in [0.29, 0.717) is 17.1 Å². The van der Waals surface area contributed by atoms with Gasteiger partial charge in [0.05, 0.1) is 0 Å². The molecular weight excluding hydrogens is 284 g/mol. The molecule has 2 N–H and O–H groups in total. The maximum Gasteiger partial charge on any atom is 0.253 e. The molecule has 0 saturated heterocycles. The Morgan fingerprint density at radius 1 is 1.10 bits per heavy atom. The van der Waals surface area contributed by atoms with Crippen LogP contribution in [-0.2, 0) is 6.54 Å². The lowest BCUT2D eigenvalue weighted by Crippen LogP contribution is -2.15. The first-order valence-electron chi connectivity index (χ1n) is 6.74. The van der Waals surface area contributed by atoms with E-state index < -0.39 is 0 Å². The van der Waals surface area contributed by atoms with Crippen molar-refractivity contribution in [2.45, 2.75) is 13.5 Å². The molecule has 1 aromatic heterocycles. The van der Waals surface area contributed by atoms with Crippen LogP contribution in [0.25, 0.3) is 10.9 Å². The number of hydrogen-bond acceptors (Lipinski definition) is 2. The van der Waals surface area contributed by atoms with Crippen molar-refractivity contribution >= 4 is 28.2 Å². The summed E-state index contributed by atoms with van der Waals surface area (Å²) in [6, 6.07) is 15.3. The number of hydrogen-bond donors (Lipinski definition) is 2. The molecule has 0 saturated carbocycles. The maximum absolute atomic E-state index is 12.1. The fourth-order valence-electron chi connectivity index (χ4n) is 2.27. The van der Waals surface area contributed by atoms with E-state index in [4.69, 9.17) is 11.6 Å². The van der Waals surface area contributed by atoms with E-state index in [9.17, 15) is 4.79 Å². The quantitative estimate of drug-likeness (QED) is 0.764. The third-order valence-corrected chi connectivity index (χ3v) is 3.66. The van der Waals surface area contributed by atoms with Gasteiger partial charge in [0, 0.05) is 28.3 Å². The Bertz CT molecular complexity index is 838. The van der Waals surface area contributed by atoms with Crippen LogP contribution in [0.5, 0.6) is 0 Å². The van der Waals surface area contributed by atoms with Gasteiger partial charge < -0.3 is 10.3 Å². The molecule has 4 heteroatoms. The van der Waals surface area contributed by atoms with E-state index >= 15 is 0 Å². The fraction of sp³-hybridized carbons (Fsp3) is 0.118. The zero-order valence-corrected chi connectivity index (χ0v) is 12.4. The Kier molecular flexibility index (Phi) is 3.67. The largest absolute Gasteiger partial charge is 0.381 e. The van der Waals surface area contributed by atoms with Crippen molar-refractivity contribution < 1.29 is 0 Å². The monoisotopic (exact) mass is 298 g/mol. The van der Waals surface area contributed by atoms with Crippen molar-refractivity contribution in [1.29, 1.82) is 0 Å². The van der Waals surface area contributed by atoms with E-state index in [1.807, 2.05) is 49.4 Å². The van der Waals surface area contributed by atoms with Gasteiger partial charge in [-0.25, -0.2) is 0 Å². The summed E-state index contributed by atoms with van der Waals surface area (Å²) < 4.78 is 0. The average molecular weight is 299 g/mol. The number of pyridine rings is 1. The summed E-state index contributed by atoms with van der Waals surface area (Å²) in [4.78, 5) is 15.0. The highest BCUT2D eigenvalue weighted by Crippen LogP contribution is 2.16. The second-order valence-corrected chi connectivity index (χ2v) is 5.51. The predicted molar refractivity (Wildman–Crippen MR) is 88.1 cm³/mol. The smallest absolute Gasteiger partial charge is 0.253 e. The Morgan fingerprint density at radius 3 is 2.62 bits per heavy atom. The van der Waals surface area contributed by atoms with E-state index in [-0.39, 0.29) is 5.56 Å². The van der Waals surface area contributed by atoms with E-state index in [1.54, 1.807) is 0 Å². The Morgan fingerprint density at radius 2 is 1.86 bits per heavy atom. The maximum atomic E-state index is 12.1. The number of aromatic amines is 1. The molecule has 0 unspecified atom stereocenters. The van der Waals surface area contributed by atoms with Crippen LogP contribution >= 0.6 is 11.6 Å². The lowest BCUT2D eigenvalue weighted by molar-refractivity contribution is 1.09. The van der Waals surface area contributed by atoms with E-state index in [2.05, 4.69) is 16.4 Å². The molecule has 0 spiro atoms. The standard InChI is InChI=1S/C17H15ClN2O/c1-11-2-7-16-12(8-11)9-13(17(21)20-16)10-19-15-5-3-14(18)4-6-15/h2-9,19H,10H2,1H3,(H,20,21). The van der Waals surface area contributed by atoms with Crippen LogP contribution < -0.4 is 10.9 Å². The zero-order valence-electron chi connectivity index (χ0n) is 11.6. The van der Waals surface area contributed by atoms with Crippen molar-refractivity contribution in [2.24, 2.45) is 0 Å². The van der Waals surface area contributed by atoms with Gasteiger partial charge in [0.1, 0.15) is 0 Å². The molecule has 0 aliphatic carbocycles. The average Bonchev–Trinajstić information content (AvgIpc) is 2.47. The normalized spacial score (nSPS) is 10.8. The van der Waals surface area contributed by atoms with Crippen LogP contribution in [0.3, 0.4) is 0 Å². The highest BCUT2D eigenvalue weighted by Gasteiger charge is 2.03. The Balaban J connectivity index is 1.87. The summed E-state index contributed by atoms with van der Waals surface area (Å²) in [5.41, 5.74) is 3.62. The number of anilines is 1. The summed E-state index contributed by atoms with van der Waals surface area (Å²) in [5, 5.41) is 4.97. The molecule has 3 rings (SSSR count). The molecule has 0 radical (unpaired) electrons. The molecule has 3 aromatic rings. The van der Waals surface area contributed by atoms with Crippen LogP contribution in [0.1, 0.15) is 11.1 Å². The minimum Gasteiger partial charge on any atom is -0.381 e. The number of H-pyrrole nitrogens is 1. The van der Waals surface area contributed by atoms with Crippen LogP contribution in [0.2, 0.25) is 5.02 Å². The van der Waals surface area contributed by atoms with Gasteiger partial charge >= 0.3 is 0 Å². The SMILES string of the molecule is Cc1ccc2[nH]c(=O)c(CNc3ccc(Cl)cc3)cc2c1. The Labute approximate surface area is 127 Å². The lowest BCUT2D eigenvalue weighted by Gasteiger charge is -2.07. The van der Waals surface area contributed by atoms with Gasteiger partial charge in [-0.05, 0) is 54.8 Å². The fourth-order valence-corrected chi connectivity index (χ4v) is 2.39. The first-order valence-corrected chi connectivity index (χ1v) is 7.11. The molecule has 0 bridgehead atoms.